The van der Waals surface area contributed by atoms with E-state index in [1.165, 1.54) is 0 Å². The van der Waals surface area contributed by atoms with Crippen LogP contribution in [-0.2, 0) is 19.4 Å². The van der Waals surface area contributed by atoms with Crippen molar-refractivity contribution in [1.82, 2.24) is 0 Å². The fourth-order valence-electron chi connectivity index (χ4n) is 1.14. The molecule has 0 fully saturated rings. The Morgan fingerprint density at radius 2 is 1.68 bits per heavy atom. The van der Waals surface area contributed by atoms with Gasteiger partial charge in [0.15, 0.2) is 0 Å². The summed E-state index contributed by atoms with van der Waals surface area (Å²) >= 11 is 0. The maximum atomic E-state index is 11.1. The summed E-state index contributed by atoms with van der Waals surface area (Å²) in [5.41, 5.74) is -1.69. The minimum atomic E-state index is -1.31. The normalized spacial score (nSPS) is 13.4. The number of hydrogen-bond donors (Lipinski definition) is 2. The minimum Gasteiger partial charge on any atom is -0.478 e. The molecule has 0 aromatic carbocycles. The van der Waals surface area contributed by atoms with Crippen LogP contribution in [-0.4, -0.2) is 34.4 Å². The topological polar surface area (TPSA) is 93.1 Å². The molecule has 0 spiro atoms. The maximum Gasteiger partial charge on any atom is 0.332 e. The molecular formula is C13H22O6. The molecule has 0 saturated heterocycles. The molecule has 0 radical (unpaired) electrons. The van der Waals surface area contributed by atoms with E-state index in [2.05, 4.69) is 0 Å². The molecule has 2 N–H and O–H groups in total. The molecule has 110 valence electrons. The second-order valence-electron chi connectivity index (χ2n) is 5.54. The van der Waals surface area contributed by atoms with E-state index in [4.69, 9.17) is 20.0 Å². The van der Waals surface area contributed by atoms with Gasteiger partial charge in [-0.15, -0.1) is 0 Å². The van der Waals surface area contributed by atoms with Crippen molar-refractivity contribution < 1.29 is 29.6 Å². The largest absolute Gasteiger partial charge is 0.478 e. The number of aliphatic carboxylic acids is 2. The highest BCUT2D eigenvalue weighted by atomic mass is 17.2. The molecule has 0 rings (SSSR count). The van der Waals surface area contributed by atoms with Crippen molar-refractivity contribution in [3.05, 3.63) is 11.6 Å². The Hall–Kier alpha value is -1.40. The summed E-state index contributed by atoms with van der Waals surface area (Å²) in [7, 11) is 0. The van der Waals surface area contributed by atoms with Crippen LogP contribution in [0.1, 0.15) is 41.0 Å². The van der Waals surface area contributed by atoms with E-state index >= 15 is 0 Å². The number of carbonyl (C=O) groups is 2. The fraction of sp³-hybridized carbons (Fsp3) is 0.692. The summed E-state index contributed by atoms with van der Waals surface area (Å²) < 4.78 is 0. The molecule has 0 aliphatic heterocycles. The van der Waals surface area contributed by atoms with E-state index in [9.17, 15) is 9.59 Å². The van der Waals surface area contributed by atoms with Crippen LogP contribution < -0.4 is 0 Å². The van der Waals surface area contributed by atoms with E-state index in [0.717, 1.165) is 6.42 Å². The van der Waals surface area contributed by atoms with Gasteiger partial charge in [-0.3, -0.25) is 0 Å². The highest BCUT2D eigenvalue weighted by molar-refractivity contribution is 5.95. The number of hydrogen-bond acceptors (Lipinski definition) is 4. The standard InChI is InChI=1S/C13H22O6/c1-6-13(4,5)19-18-8-12(2,3)9(11(16)17)7-10(14)15/h7H,6,8H2,1-5H3,(H,14,15)(H,16,17)/b9-7-. The summed E-state index contributed by atoms with van der Waals surface area (Å²) in [5, 5.41) is 17.7. The average molecular weight is 274 g/mol. The first-order valence-corrected chi connectivity index (χ1v) is 6.01. The van der Waals surface area contributed by atoms with Gasteiger partial charge in [-0.2, -0.15) is 0 Å². The summed E-state index contributed by atoms with van der Waals surface area (Å²) in [6.07, 6.45) is 1.40. The van der Waals surface area contributed by atoms with Crippen molar-refractivity contribution >= 4 is 11.9 Å². The van der Waals surface area contributed by atoms with Gasteiger partial charge in [0.25, 0.3) is 0 Å². The molecule has 0 aromatic rings. The summed E-state index contributed by atoms with van der Waals surface area (Å²) in [6.45, 7) is 8.72. The Morgan fingerprint density at radius 1 is 1.16 bits per heavy atom. The molecule has 0 atom stereocenters. The highest BCUT2D eigenvalue weighted by Crippen LogP contribution is 2.28. The van der Waals surface area contributed by atoms with Gasteiger partial charge >= 0.3 is 11.9 Å². The van der Waals surface area contributed by atoms with E-state index < -0.39 is 23.0 Å². The van der Waals surface area contributed by atoms with Crippen LogP contribution in [0.25, 0.3) is 0 Å². The Kier molecular flexibility index (Phi) is 6.18. The predicted molar refractivity (Wildman–Crippen MR) is 68.5 cm³/mol. The lowest BCUT2D eigenvalue weighted by Crippen LogP contribution is -2.31. The third-order valence-electron chi connectivity index (χ3n) is 2.78. The van der Waals surface area contributed by atoms with Crippen LogP contribution in [0, 0.1) is 5.41 Å². The van der Waals surface area contributed by atoms with Crippen LogP contribution in [0.4, 0.5) is 0 Å². The van der Waals surface area contributed by atoms with Crippen molar-refractivity contribution in [3.8, 4) is 0 Å². The van der Waals surface area contributed by atoms with Crippen LogP contribution in [0.3, 0.4) is 0 Å². The van der Waals surface area contributed by atoms with Gasteiger partial charge in [0.05, 0.1) is 17.8 Å². The number of rotatable bonds is 8. The van der Waals surface area contributed by atoms with Gasteiger partial charge in [-0.05, 0) is 20.3 Å². The monoisotopic (exact) mass is 274 g/mol. The first kappa shape index (κ1) is 17.6. The second kappa shape index (κ2) is 6.68. The van der Waals surface area contributed by atoms with Gasteiger partial charge in [-0.25, -0.2) is 19.4 Å². The molecule has 6 nitrogen and oxygen atoms in total. The molecule has 0 saturated carbocycles. The number of carboxylic acid groups (broad SMARTS) is 2. The van der Waals surface area contributed by atoms with E-state index in [0.29, 0.717) is 6.08 Å². The lowest BCUT2D eigenvalue weighted by molar-refractivity contribution is -0.361. The summed E-state index contributed by atoms with van der Waals surface area (Å²) in [5.74, 6) is -2.59. The van der Waals surface area contributed by atoms with E-state index in [1.807, 2.05) is 20.8 Å². The predicted octanol–water partition coefficient (Wildman–Crippen LogP) is 2.25. The Morgan fingerprint density at radius 3 is 2.05 bits per heavy atom. The molecule has 0 aromatic heterocycles. The Bertz CT molecular complexity index is 367. The third-order valence-corrected chi connectivity index (χ3v) is 2.78. The zero-order chi connectivity index (χ0) is 15.3. The highest BCUT2D eigenvalue weighted by Gasteiger charge is 2.31. The molecule has 0 unspecified atom stereocenters. The maximum absolute atomic E-state index is 11.1. The summed E-state index contributed by atoms with van der Waals surface area (Å²) in [4.78, 5) is 31.9. The van der Waals surface area contributed by atoms with Crippen molar-refractivity contribution in [2.75, 3.05) is 6.61 Å². The zero-order valence-electron chi connectivity index (χ0n) is 12.0. The molecule has 0 aliphatic rings. The fourth-order valence-corrected chi connectivity index (χ4v) is 1.14. The van der Waals surface area contributed by atoms with Gasteiger partial charge in [0.2, 0.25) is 0 Å². The number of carboxylic acids is 2. The van der Waals surface area contributed by atoms with E-state index in [-0.39, 0.29) is 12.2 Å². The SMILES string of the molecule is CCC(C)(C)OOCC(C)(C)/C(=C\C(=O)O)C(=O)O. The van der Waals surface area contributed by atoms with Crippen molar-refractivity contribution in [2.24, 2.45) is 5.41 Å². The molecule has 0 bridgehead atoms. The van der Waals surface area contributed by atoms with Crippen LogP contribution in [0.2, 0.25) is 0 Å². The van der Waals surface area contributed by atoms with Crippen LogP contribution >= 0.6 is 0 Å². The molecule has 0 aliphatic carbocycles. The summed E-state index contributed by atoms with van der Waals surface area (Å²) in [6, 6.07) is 0. The van der Waals surface area contributed by atoms with Gasteiger partial charge in [0.1, 0.15) is 0 Å². The van der Waals surface area contributed by atoms with Crippen LogP contribution in [0.15, 0.2) is 11.6 Å². The molecule has 0 amide bonds. The minimum absolute atomic E-state index is 0.0537. The van der Waals surface area contributed by atoms with Gasteiger partial charge < -0.3 is 10.2 Å². The smallest absolute Gasteiger partial charge is 0.332 e. The van der Waals surface area contributed by atoms with Gasteiger partial charge in [-0.1, -0.05) is 20.8 Å². The first-order valence-electron chi connectivity index (χ1n) is 6.01. The van der Waals surface area contributed by atoms with Crippen molar-refractivity contribution in [2.45, 2.75) is 46.6 Å². The van der Waals surface area contributed by atoms with Crippen molar-refractivity contribution in [3.63, 3.8) is 0 Å². The van der Waals surface area contributed by atoms with Gasteiger partial charge in [0, 0.05) is 11.5 Å². The molecule has 19 heavy (non-hydrogen) atoms. The Labute approximate surface area is 112 Å². The average Bonchev–Trinajstić information content (AvgIpc) is 2.24. The zero-order valence-corrected chi connectivity index (χ0v) is 12.0. The van der Waals surface area contributed by atoms with Crippen LogP contribution in [0.5, 0.6) is 0 Å². The molecular weight excluding hydrogens is 252 g/mol. The Balaban J connectivity index is 4.77. The quantitative estimate of drug-likeness (QED) is 0.400. The molecule has 0 heterocycles. The van der Waals surface area contributed by atoms with E-state index in [1.54, 1.807) is 13.8 Å². The first-order chi connectivity index (χ1) is 8.52. The van der Waals surface area contributed by atoms with Crippen molar-refractivity contribution in [1.29, 1.82) is 0 Å². The molecule has 6 heteroatoms. The lowest BCUT2D eigenvalue weighted by atomic mass is 9.85. The third kappa shape index (κ3) is 6.35. The second-order valence-corrected chi connectivity index (χ2v) is 5.54. The lowest BCUT2D eigenvalue weighted by Gasteiger charge is -2.27.